The lowest BCUT2D eigenvalue weighted by Gasteiger charge is -2.41. The van der Waals surface area contributed by atoms with E-state index in [0.717, 1.165) is 19.3 Å². The molecule has 21 heavy (non-hydrogen) atoms. The van der Waals surface area contributed by atoms with E-state index in [9.17, 15) is 9.18 Å². The van der Waals surface area contributed by atoms with Crippen molar-refractivity contribution in [1.82, 2.24) is 5.32 Å². The van der Waals surface area contributed by atoms with Gasteiger partial charge in [-0.2, -0.15) is 0 Å². The summed E-state index contributed by atoms with van der Waals surface area (Å²) < 4.78 is 13.8. The van der Waals surface area contributed by atoms with Gasteiger partial charge in [0.15, 0.2) is 0 Å². The second kappa shape index (κ2) is 6.73. The van der Waals surface area contributed by atoms with Crippen molar-refractivity contribution in [3.63, 3.8) is 0 Å². The van der Waals surface area contributed by atoms with E-state index in [4.69, 9.17) is 5.73 Å². The molecule has 1 amide bonds. The van der Waals surface area contributed by atoms with Crippen LogP contribution in [0.15, 0.2) is 18.2 Å². The Kier molecular flexibility index (Phi) is 4.98. The van der Waals surface area contributed by atoms with Gasteiger partial charge in [0.2, 0.25) is 0 Å². The van der Waals surface area contributed by atoms with Crippen LogP contribution in [0, 0.1) is 23.1 Å². The zero-order valence-electron chi connectivity index (χ0n) is 12.3. The molecule has 112 valence electrons. The van der Waals surface area contributed by atoms with Crippen LogP contribution in [0.4, 0.5) is 4.39 Å². The van der Waals surface area contributed by atoms with Gasteiger partial charge in [0, 0.05) is 12.1 Å². The summed E-state index contributed by atoms with van der Waals surface area (Å²) in [6, 6.07) is 4.30. The molecular formula is C17H21FN2O. The number of rotatable bonds is 4. The Morgan fingerprint density at radius 1 is 1.48 bits per heavy atom. The van der Waals surface area contributed by atoms with Gasteiger partial charge < -0.3 is 11.1 Å². The number of hydrogen-bond donors (Lipinski definition) is 2. The molecule has 3 N–H and O–H groups in total. The maximum atomic E-state index is 13.8. The Bertz CT molecular complexity index is 577. The number of carbonyl (C=O) groups excluding carboxylic acids is 1. The van der Waals surface area contributed by atoms with E-state index in [1.54, 1.807) is 6.07 Å². The lowest BCUT2D eigenvalue weighted by atomic mass is 9.67. The quantitative estimate of drug-likeness (QED) is 0.836. The highest BCUT2D eigenvalue weighted by molar-refractivity contribution is 5.94. The molecular weight excluding hydrogens is 267 g/mol. The van der Waals surface area contributed by atoms with Crippen LogP contribution in [0.2, 0.25) is 0 Å². The summed E-state index contributed by atoms with van der Waals surface area (Å²) in [7, 11) is 0. The van der Waals surface area contributed by atoms with Crippen molar-refractivity contribution in [2.75, 3.05) is 13.1 Å². The number of carbonyl (C=O) groups is 1. The molecule has 0 bridgehead atoms. The van der Waals surface area contributed by atoms with Crippen LogP contribution < -0.4 is 11.1 Å². The van der Waals surface area contributed by atoms with Gasteiger partial charge in [-0.25, -0.2) is 4.39 Å². The minimum absolute atomic E-state index is 0.0457. The molecule has 4 heteroatoms. The molecule has 0 saturated heterocycles. The minimum atomic E-state index is -0.523. The predicted octanol–water partition coefficient (Wildman–Crippen LogP) is 2.45. The van der Waals surface area contributed by atoms with Gasteiger partial charge in [-0.15, -0.1) is 0 Å². The fraction of sp³-hybridized carbons (Fsp3) is 0.471. The maximum Gasteiger partial charge on any atom is 0.254 e. The first kappa shape index (κ1) is 15.5. The summed E-state index contributed by atoms with van der Waals surface area (Å²) in [5, 5.41) is 2.86. The van der Waals surface area contributed by atoms with Crippen molar-refractivity contribution < 1.29 is 9.18 Å². The number of benzene rings is 1. The van der Waals surface area contributed by atoms with Gasteiger partial charge in [-0.1, -0.05) is 25.2 Å². The van der Waals surface area contributed by atoms with E-state index in [0.29, 0.717) is 12.1 Å². The van der Waals surface area contributed by atoms with Crippen LogP contribution >= 0.6 is 0 Å². The fourth-order valence-corrected chi connectivity index (χ4v) is 2.63. The lowest BCUT2D eigenvalue weighted by Crippen LogP contribution is -2.41. The largest absolute Gasteiger partial charge is 0.351 e. The van der Waals surface area contributed by atoms with Crippen LogP contribution in [0.5, 0.6) is 0 Å². The van der Waals surface area contributed by atoms with Crippen LogP contribution in [0.1, 0.15) is 48.5 Å². The van der Waals surface area contributed by atoms with Gasteiger partial charge in [-0.3, -0.25) is 4.79 Å². The van der Waals surface area contributed by atoms with Crippen LogP contribution in [0.3, 0.4) is 0 Å². The molecule has 0 spiro atoms. The third-order valence-corrected chi connectivity index (χ3v) is 4.33. The second-order valence-corrected chi connectivity index (χ2v) is 5.59. The number of hydrogen-bond acceptors (Lipinski definition) is 2. The molecule has 0 aromatic heterocycles. The Labute approximate surface area is 125 Å². The summed E-state index contributed by atoms with van der Waals surface area (Å²) in [6.07, 6.45) is 4.52. The Hall–Kier alpha value is -1.86. The second-order valence-electron chi connectivity index (χ2n) is 5.59. The number of nitrogens with one attached hydrogen (secondary N) is 1. The smallest absolute Gasteiger partial charge is 0.254 e. The Balaban J connectivity index is 2.07. The highest BCUT2D eigenvalue weighted by Gasteiger charge is 2.35. The first-order valence-electron chi connectivity index (χ1n) is 7.37. The molecule has 3 nitrogen and oxygen atoms in total. The standard InChI is InChI=1S/C17H21FN2O/c1-2-17(8-4-9-17)12-20-16(21)14-11-13(5-3-10-19)6-7-15(14)18/h6-7,11H,2,4,8-10,12,19H2,1H3,(H,20,21). The Morgan fingerprint density at radius 3 is 2.81 bits per heavy atom. The van der Waals surface area contributed by atoms with Crippen LogP contribution in [-0.4, -0.2) is 19.0 Å². The van der Waals surface area contributed by atoms with E-state index in [2.05, 4.69) is 24.1 Å². The molecule has 1 aromatic carbocycles. The van der Waals surface area contributed by atoms with Crippen LogP contribution in [0.25, 0.3) is 0 Å². The van der Waals surface area contributed by atoms with Crippen molar-refractivity contribution in [3.8, 4) is 11.8 Å². The van der Waals surface area contributed by atoms with Gasteiger partial charge >= 0.3 is 0 Å². The van der Waals surface area contributed by atoms with E-state index in [1.807, 2.05) is 0 Å². The van der Waals surface area contributed by atoms with E-state index in [-0.39, 0.29) is 23.4 Å². The Morgan fingerprint density at radius 2 is 2.24 bits per heavy atom. The number of amides is 1. The first-order chi connectivity index (χ1) is 10.1. The van der Waals surface area contributed by atoms with Crippen molar-refractivity contribution >= 4 is 5.91 Å². The molecule has 0 aliphatic heterocycles. The minimum Gasteiger partial charge on any atom is -0.351 e. The third-order valence-electron chi connectivity index (χ3n) is 4.33. The molecule has 0 radical (unpaired) electrons. The molecule has 0 atom stereocenters. The van der Waals surface area contributed by atoms with Gasteiger partial charge in [0.05, 0.1) is 12.1 Å². The lowest BCUT2D eigenvalue weighted by molar-refractivity contribution is 0.0846. The number of halogens is 1. The molecule has 2 rings (SSSR count). The molecule has 1 aromatic rings. The predicted molar refractivity (Wildman–Crippen MR) is 81.2 cm³/mol. The van der Waals surface area contributed by atoms with Crippen molar-refractivity contribution in [2.24, 2.45) is 11.1 Å². The molecule has 0 unspecified atom stereocenters. The maximum absolute atomic E-state index is 13.8. The van der Waals surface area contributed by atoms with Crippen LogP contribution in [-0.2, 0) is 0 Å². The highest BCUT2D eigenvalue weighted by Crippen LogP contribution is 2.43. The van der Waals surface area contributed by atoms with E-state index in [1.165, 1.54) is 18.6 Å². The van der Waals surface area contributed by atoms with E-state index >= 15 is 0 Å². The van der Waals surface area contributed by atoms with Gasteiger partial charge in [0.1, 0.15) is 5.82 Å². The van der Waals surface area contributed by atoms with Crippen molar-refractivity contribution in [3.05, 3.63) is 35.1 Å². The number of nitrogens with two attached hydrogens (primary N) is 1. The SMILES string of the molecule is CCC1(CNC(=O)c2cc(C#CCN)ccc2F)CCC1. The average Bonchev–Trinajstić information content (AvgIpc) is 2.45. The fourth-order valence-electron chi connectivity index (χ4n) is 2.63. The summed E-state index contributed by atoms with van der Waals surface area (Å²) >= 11 is 0. The summed E-state index contributed by atoms with van der Waals surface area (Å²) in [5.74, 6) is 4.61. The summed E-state index contributed by atoms with van der Waals surface area (Å²) in [6.45, 7) is 2.98. The molecule has 1 aliphatic rings. The van der Waals surface area contributed by atoms with Gasteiger partial charge in [-0.05, 0) is 42.9 Å². The average molecular weight is 288 g/mol. The molecule has 1 fully saturated rings. The van der Waals surface area contributed by atoms with Crippen molar-refractivity contribution in [2.45, 2.75) is 32.6 Å². The zero-order valence-corrected chi connectivity index (χ0v) is 12.3. The zero-order chi connectivity index (χ0) is 15.3. The third kappa shape index (κ3) is 3.62. The molecule has 1 aliphatic carbocycles. The van der Waals surface area contributed by atoms with Crippen molar-refractivity contribution in [1.29, 1.82) is 0 Å². The monoisotopic (exact) mass is 288 g/mol. The topological polar surface area (TPSA) is 55.1 Å². The molecule has 1 saturated carbocycles. The highest BCUT2D eigenvalue weighted by atomic mass is 19.1. The normalized spacial score (nSPS) is 15.6. The van der Waals surface area contributed by atoms with Gasteiger partial charge in [0.25, 0.3) is 5.91 Å². The molecule has 0 heterocycles. The summed E-state index contributed by atoms with van der Waals surface area (Å²) in [4.78, 5) is 12.2. The summed E-state index contributed by atoms with van der Waals surface area (Å²) in [5.41, 5.74) is 6.16. The first-order valence-corrected chi connectivity index (χ1v) is 7.37. The van der Waals surface area contributed by atoms with E-state index < -0.39 is 5.82 Å².